The van der Waals surface area contributed by atoms with Gasteiger partial charge in [0.2, 0.25) is 6.17 Å². The minimum absolute atomic E-state index is 0.499. The maximum Gasteiger partial charge on any atom is 0.244 e. The van der Waals surface area contributed by atoms with Gasteiger partial charge in [0, 0.05) is 0 Å². The normalized spacial score (nSPS) is 15.2. The number of rotatable bonds is 17. The Balaban J connectivity index is 1.76. The first kappa shape index (κ1) is 23.7. The molecular formula is C27H43N2+. The monoisotopic (exact) mass is 395 g/mol. The van der Waals surface area contributed by atoms with E-state index in [9.17, 15) is 0 Å². The van der Waals surface area contributed by atoms with Crippen LogP contribution >= 0.6 is 0 Å². The molecule has 0 aromatic heterocycles. The molecule has 0 saturated carbocycles. The first-order chi connectivity index (χ1) is 14.3. The van der Waals surface area contributed by atoms with Gasteiger partial charge in [-0.3, -0.25) is 0 Å². The Kier molecular flexibility index (Phi) is 12.5. The van der Waals surface area contributed by atoms with Crippen LogP contribution in [0.5, 0.6) is 0 Å². The average Bonchev–Trinajstić information content (AvgIpc) is 3.27. The van der Waals surface area contributed by atoms with Crippen LogP contribution < -0.4 is 0 Å². The van der Waals surface area contributed by atoms with Crippen LogP contribution in [0.2, 0.25) is 0 Å². The molecule has 0 bridgehead atoms. The molecule has 2 unspecified atom stereocenters. The van der Waals surface area contributed by atoms with Gasteiger partial charge in [0.25, 0.3) is 0 Å². The predicted molar refractivity (Wildman–Crippen MR) is 129 cm³/mol. The summed E-state index contributed by atoms with van der Waals surface area (Å²) in [6.45, 7) is 4.60. The zero-order valence-electron chi connectivity index (χ0n) is 19.0. The lowest BCUT2D eigenvalue weighted by atomic mass is 9.79. The van der Waals surface area contributed by atoms with E-state index in [1.54, 1.807) is 0 Å². The Labute approximate surface area is 180 Å². The van der Waals surface area contributed by atoms with Crippen LogP contribution in [-0.4, -0.2) is 12.4 Å². The SMILES string of the molecule is CCCCCCCCCCCCC([C+]1N=CC=N1)C(CCC)Cc1ccccc1. The van der Waals surface area contributed by atoms with Crippen LogP contribution in [0.25, 0.3) is 0 Å². The molecule has 1 aromatic rings. The highest BCUT2D eigenvalue weighted by molar-refractivity contribution is 6.18. The number of benzene rings is 1. The van der Waals surface area contributed by atoms with E-state index < -0.39 is 0 Å². The lowest BCUT2D eigenvalue weighted by Gasteiger charge is -2.25. The number of unbranched alkanes of at least 4 members (excludes halogenated alkanes) is 9. The third kappa shape index (κ3) is 9.65. The summed E-state index contributed by atoms with van der Waals surface area (Å²) in [5.74, 6) is 1.14. The topological polar surface area (TPSA) is 24.7 Å². The van der Waals surface area contributed by atoms with Crippen molar-refractivity contribution in [3.05, 3.63) is 42.1 Å². The van der Waals surface area contributed by atoms with E-state index in [1.807, 2.05) is 12.4 Å². The molecular weight excluding hydrogens is 352 g/mol. The van der Waals surface area contributed by atoms with Gasteiger partial charge in [0.05, 0.1) is 5.92 Å². The molecule has 2 rings (SSSR count). The molecule has 2 nitrogen and oxygen atoms in total. The second kappa shape index (κ2) is 15.3. The van der Waals surface area contributed by atoms with Crippen molar-refractivity contribution in [1.82, 2.24) is 0 Å². The standard InChI is InChI=1S/C27H43N2/c1-3-5-6-7-8-9-10-11-12-16-20-26(27-28-21-22-29-27)25(17-4-2)23-24-18-14-13-15-19-24/h13-15,18-19,21-22,25-26H,3-12,16-17,20,23H2,1-2H3/q+1. The highest BCUT2D eigenvalue weighted by atomic mass is 15.0. The maximum absolute atomic E-state index is 4.61. The predicted octanol–water partition coefficient (Wildman–Crippen LogP) is 8.22. The Hall–Kier alpha value is -1.57. The number of aliphatic imine (C=N–C) groups is 2. The van der Waals surface area contributed by atoms with E-state index in [4.69, 9.17) is 0 Å². The molecule has 29 heavy (non-hydrogen) atoms. The first-order valence-electron chi connectivity index (χ1n) is 12.3. The Morgan fingerprint density at radius 2 is 1.28 bits per heavy atom. The van der Waals surface area contributed by atoms with Crippen LogP contribution in [0.4, 0.5) is 0 Å². The van der Waals surface area contributed by atoms with Gasteiger partial charge in [0.15, 0.2) is 12.4 Å². The molecule has 1 aliphatic heterocycles. The molecule has 1 heterocycles. The largest absolute Gasteiger partial charge is 0.244 e. The van der Waals surface area contributed by atoms with E-state index in [0.717, 1.165) is 12.6 Å². The molecule has 2 heteroatoms. The van der Waals surface area contributed by atoms with Crippen LogP contribution in [0.1, 0.15) is 103 Å². The first-order valence-corrected chi connectivity index (χ1v) is 12.3. The summed E-state index contributed by atoms with van der Waals surface area (Å²) in [6, 6.07) is 11.0. The molecule has 0 amide bonds. The van der Waals surface area contributed by atoms with E-state index in [-0.39, 0.29) is 0 Å². The minimum Gasteiger partial charge on any atom is -0.0965 e. The van der Waals surface area contributed by atoms with Crippen LogP contribution in [0, 0.1) is 18.0 Å². The Bertz CT molecular complexity index is 551. The van der Waals surface area contributed by atoms with Crippen molar-refractivity contribution < 1.29 is 0 Å². The quantitative estimate of drug-likeness (QED) is 0.187. The molecule has 0 aliphatic carbocycles. The molecule has 0 N–H and O–H groups in total. The maximum atomic E-state index is 4.61. The van der Waals surface area contributed by atoms with Crippen molar-refractivity contribution in [3.8, 4) is 0 Å². The fourth-order valence-corrected chi connectivity index (χ4v) is 4.60. The fraction of sp³-hybridized carbons (Fsp3) is 0.667. The molecule has 2 atom stereocenters. The second-order valence-corrected chi connectivity index (χ2v) is 8.73. The summed E-state index contributed by atoms with van der Waals surface area (Å²) in [4.78, 5) is 9.23. The lowest BCUT2D eigenvalue weighted by Crippen LogP contribution is -2.22. The summed E-state index contributed by atoms with van der Waals surface area (Å²) in [7, 11) is 0. The van der Waals surface area contributed by atoms with Crippen molar-refractivity contribution in [2.75, 3.05) is 0 Å². The zero-order valence-corrected chi connectivity index (χ0v) is 19.0. The summed E-state index contributed by atoms with van der Waals surface area (Å²) < 4.78 is 0. The van der Waals surface area contributed by atoms with E-state index in [2.05, 4.69) is 54.2 Å². The smallest absolute Gasteiger partial charge is 0.0965 e. The highest BCUT2D eigenvalue weighted by Crippen LogP contribution is 2.36. The van der Waals surface area contributed by atoms with Crippen molar-refractivity contribution in [2.45, 2.75) is 104 Å². The zero-order chi connectivity index (χ0) is 20.6. The number of hydrogen-bond acceptors (Lipinski definition) is 2. The van der Waals surface area contributed by atoms with Crippen LogP contribution in [-0.2, 0) is 6.42 Å². The summed E-state index contributed by atoms with van der Waals surface area (Å²) >= 11 is 0. The Morgan fingerprint density at radius 3 is 1.86 bits per heavy atom. The van der Waals surface area contributed by atoms with Gasteiger partial charge in [-0.15, -0.1) is 0 Å². The summed E-state index contributed by atoms with van der Waals surface area (Å²) in [5, 5.41) is 0. The third-order valence-corrected chi connectivity index (χ3v) is 6.25. The highest BCUT2D eigenvalue weighted by Gasteiger charge is 2.34. The van der Waals surface area contributed by atoms with Gasteiger partial charge in [-0.25, -0.2) is 0 Å². The minimum atomic E-state index is 0.499. The van der Waals surface area contributed by atoms with Gasteiger partial charge < -0.3 is 0 Å². The molecule has 0 fully saturated rings. The summed E-state index contributed by atoms with van der Waals surface area (Å²) in [5.41, 5.74) is 1.45. The van der Waals surface area contributed by atoms with E-state index in [1.165, 1.54) is 89.0 Å². The van der Waals surface area contributed by atoms with E-state index in [0.29, 0.717) is 11.8 Å². The molecule has 160 valence electrons. The van der Waals surface area contributed by atoms with Crippen molar-refractivity contribution in [2.24, 2.45) is 21.8 Å². The summed E-state index contributed by atoms with van der Waals surface area (Å²) in [6.07, 6.45) is 23.6. The molecule has 0 radical (unpaired) electrons. The Morgan fingerprint density at radius 1 is 0.690 bits per heavy atom. The fourth-order valence-electron chi connectivity index (χ4n) is 4.60. The molecule has 0 saturated heterocycles. The van der Waals surface area contributed by atoms with Crippen molar-refractivity contribution >= 4 is 12.4 Å². The van der Waals surface area contributed by atoms with Crippen molar-refractivity contribution in [3.63, 3.8) is 0 Å². The molecule has 1 aliphatic rings. The molecule has 0 spiro atoms. The second-order valence-electron chi connectivity index (χ2n) is 8.73. The average molecular weight is 396 g/mol. The van der Waals surface area contributed by atoms with Crippen LogP contribution in [0.3, 0.4) is 0 Å². The molecule has 1 aromatic carbocycles. The van der Waals surface area contributed by atoms with E-state index >= 15 is 0 Å². The third-order valence-electron chi connectivity index (χ3n) is 6.25. The van der Waals surface area contributed by atoms with Gasteiger partial charge >= 0.3 is 0 Å². The van der Waals surface area contributed by atoms with Crippen molar-refractivity contribution in [1.29, 1.82) is 0 Å². The van der Waals surface area contributed by atoms with Crippen LogP contribution in [0.15, 0.2) is 40.3 Å². The van der Waals surface area contributed by atoms with Gasteiger partial charge in [-0.05, 0) is 30.7 Å². The van der Waals surface area contributed by atoms with Gasteiger partial charge in [-0.1, -0.05) is 125 Å². The van der Waals surface area contributed by atoms with Gasteiger partial charge in [-0.2, -0.15) is 0 Å². The van der Waals surface area contributed by atoms with Gasteiger partial charge in [0.1, 0.15) is 0 Å². The number of nitrogens with zero attached hydrogens (tertiary/aromatic N) is 2. The number of hydrogen-bond donors (Lipinski definition) is 0. The lowest BCUT2D eigenvalue weighted by molar-refractivity contribution is 0.290.